The molecular formula is C15H15NO. The number of hydrogen-bond donors (Lipinski definition) is 0. The predicted octanol–water partition coefficient (Wildman–Crippen LogP) is 3.37. The molecular weight excluding hydrogens is 210 g/mol. The van der Waals surface area contributed by atoms with Gasteiger partial charge in [-0.05, 0) is 16.3 Å². The molecule has 2 aromatic carbocycles. The van der Waals surface area contributed by atoms with Crippen LogP contribution in [0.15, 0.2) is 47.5 Å². The van der Waals surface area contributed by atoms with Crippen LogP contribution in [0.3, 0.4) is 0 Å². The standard InChI is InChI=1S/C15H15NO/c1-11(15-9-17-10-16-15)13-8-4-6-12-5-2-3-7-14(12)13/h2-8,10-11,15H,9H2,1H3. The van der Waals surface area contributed by atoms with Gasteiger partial charge in [0.1, 0.15) is 6.61 Å². The molecule has 2 atom stereocenters. The topological polar surface area (TPSA) is 21.6 Å². The van der Waals surface area contributed by atoms with E-state index in [9.17, 15) is 0 Å². The van der Waals surface area contributed by atoms with Gasteiger partial charge in [0.15, 0.2) is 6.40 Å². The van der Waals surface area contributed by atoms with Gasteiger partial charge in [0.25, 0.3) is 0 Å². The molecule has 0 spiro atoms. The Kier molecular flexibility index (Phi) is 2.56. The summed E-state index contributed by atoms with van der Waals surface area (Å²) < 4.78 is 5.22. The zero-order chi connectivity index (χ0) is 11.7. The van der Waals surface area contributed by atoms with Crippen molar-refractivity contribution in [3.63, 3.8) is 0 Å². The van der Waals surface area contributed by atoms with Crippen molar-refractivity contribution in [2.75, 3.05) is 6.61 Å². The van der Waals surface area contributed by atoms with E-state index in [1.807, 2.05) is 0 Å². The molecule has 0 saturated heterocycles. The highest BCUT2D eigenvalue weighted by Gasteiger charge is 2.22. The summed E-state index contributed by atoms with van der Waals surface area (Å²) >= 11 is 0. The maximum Gasteiger partial charge on any atom is 0.169 e. The van der Waals surface area contributed by atoms with Crippen molar-refractivity contribution in [2.45, 2.75) is 18.9 Å². The Hall–Kier alpha value is -1.83. The second kappa shape index (κ2) is 4.21. The Labute approximate surface area is 101 Å². The lowest BCUT2D eigenvalue weighted by atomic mass is 9.90. The molecule has 1 heterocycles. The first-order valence-corrected chi connectivity index (χ1v) is 5.97. The highest BCUT2D eigenvalue weighted by Crippen LogP contribution is 2.29. The highest BCUT2D eigenvalue weighted by molar-refractivity contribution is 5.86. The van der Waals surface area contributed by atoms with E-state index in [0.717, 1.165) is 0 Å². The van der Waals surface area contributed by atoms with Crippen LogP contribution < -0.4 is 0 Å². The van der Waals surface area contributed by atoms with Crippen molar-refractivity contribution in [2.24, 2.45) is 4.99 Å². The molecule has 0 fully saturated rings. The van der Waals surface area contributed by atoms with E-state index in [1.165, 1.54) is 16.3 Å². The lowest BCUT2D eigenvalue weighted by Crippen LogP contribution is -2.15. The Morgan fingerprint density at radius 3 is 2.82 bits per heavy atom. The van der Waals surface area contributed by atoms with Crippen molar-refractivity contribution in [1.29, 1.82) is 0 Å². The highest BCUT2D eigenvalue weighted by atomic mass is 16.5. The van der Waals surface area contributed by atoms with Gasteiger partial charge in [0.05, 0.1) is 6.04 Å². The maximum atomic E-state index is 5.22. The molecule has 3 rings (SSSR count). The second-order valence-corrected chi connectivity index (χ2v) is 4.51. The first kappa shape index (κ1) is 10.3. The van der Waals surface area contributed by atoms with Crippen molar-refractivity contribution in [3.05, 3.63) is 48.0 Å². The summed E-state index contributed by atoms with van der Waals surface area (Å²) in [7, 11) is 0. The third kappa shape index (κ3) is 1.80. The third-order valence-corrected chi connectivity index (χ3v) is 3.48. The summed E-state index contributed by atoms with van der Waals surface area (Å²) in [6.07, 6.45) is 1.58. The molecule has 0 aliphatic carbocycles. The van der Waals surface area contributed by atoms with Crippen molar-refractivity contribution in [3.8, 4) is 0 Å². The van der Waals surface area contributed by atoms with Gasteiger partial charge in [0, 0.05) is 5.92 Å². The molecule has 0 aromatic heterocycles. The molecule has 17 heavy (non-hydrogen) atoms. The number of ether oxygens (including phenoxy) is 1. The second-order valence-electron chi connectivity index (χ2n) is 4.51. The van der Waals surface area contributed by atoms with Gasteiger partial charge in [-0.25, -0.2) is 0 Å². The summed E-state index contributed by atoms with van der Waals surface area (Å²) in [5.41, 5.74) is 1.36. The van der Waals surface area contributed by atoms with E-state index in [0.29, 0.717) is 12.5 Å². The molecule has 0 radical (unpaired) electrons. The van der Waals surface area contributed by atoms with Gasteiger partial charge in [-0.3, -0.25) is 4.99 Å². The Balaban J connectivity index is 2.07. The Bertz CT molecular complexity index is 556. The predicted molar refractivity (Wildman–Crippen MR) is 70.6 cm³/mol. The Morgan fingerprint density at radius 2 is 2.00 bits per heavy atom. The molecule has 0 bridgehead atoms. The molecule has 86 valence electrons. The van der Waals surface area contributed by atoms with E-state index in [2.05, 4.69) is 54.4 Å². The maximum absolute atomic E-state index is 5.22. The first-order chi connectivity index (χ1) is 8.36. The molecule has 1 aliphatic rings. The van der Waals surface area contributed by atoms with Crippen LogP contribution >= 0.6 is 0 Å². The lowest BCUT2D eigenvalue weighted by molar-refractivity contribution is 0.314. The lowest BCUT2D eigenvalue weighted by Gasteiger charge is -2.17. The molecule has 0 N–H and O–H groups in total. The number of hydrogen-bond acceptors (Lipinski definition) is 2. The van der Waals surface area contributed by atoms with Crippen molar-refractivity contribution >= 4 is 17.2 Å². The van der Waals surface area contributed by atoms with Crippen LogP contribution in [-0.4, -0.2) is 19.0 Å². The number of rotatable bonds is 2. The molecule has 2 unspecified atom stereocenters. The minimum absolute atomic E-state index is 0.251. The Morgan fingerprint density at radius 1 is 1.18 bits per heavy atom. The average Bonchev–Trinajstić information content (AvgIpc) is 2.91. The van der Waals surface area contributed by atoms with Crippen LogP contribution in [0.4, 0.5) is 0 Å². The van der Waals surface area contributed by atoms with E-state index in [1.54, 1.807) is 6.40 Å². The minimum atomic E-state index is 0.251. The number of nitrogens with zero attached hydrogens (tertiary/aromatic N) is 1. The fourth-order valence-corrected chi connectivity index (χ4v) is 2.43. The molecule has 1 aliphatic heterocycles. The zero-order valence-electron chi connectivity index (χ0n) is 9.84. The van der Waals surface area contributed by atoms with Crippen molar-refractivity contribution < 1.29 is 4.74 Å². The van der Waals surface area contributed by atoms with Gasteiger partial charge >= 0.3 is 0 Å². The molecule has 2 nitrogen and oxygen atoms in total. The quantitative estimate of drug-likeness (QED) is 0.767. The van der Waals surface area contributed by atoms with Crippen LogP contribution in [0, 0.1) is 0 Å². The molecule has 2 aromatic rings. The number of aliphatic imine (C=N–C) groups is 1. The fraction of sp³-hybridized carbons (Fsp3) is 0.267. The fourth-order valence-electron chi connectivity index (χ4n) is 2.43. The van der Waals surface area contributed by atoms with Crippen LogP contribution in [0.25, 0.3) is 10.8 Å². The average molecular weight is 225 g/mol. The van der Waals surface area contributed by atoms with E-state index < -0.39 is 0 Å². The smallest absolute Gasteiger partial charge is 0.169 e. The largest absolute Gasteiger partial charge is 0.481 e. The summed E-state index contributed by atoms with van der Waals surface area (Å²) in [5.74, 6) is 0.389. The van der Waals surface area contributed by atoms with Gasteiger partial charge in [-0.15, -0.1) is 0 Å². The van der Waals surface area contributed by atoms with E-state index in [4.69, 9.17) is 4.74 Å². The van der Waals surface area contributed by atoms with Gasteiger partial charge in [0.2, 0.25) is 0 Å². The van der Waals surface area contributed by atoms with Gasteiger partial charge in [-0.1, -0.05) is 49.4 Å². The van der Waals surface area contributed by atoms with E-state index >= 15 is 0 Å². The molecule has 0 saturated carbocycles. The van der Waals surface area contributed by atoms with Crippen LogP contribution in [0.1, 0.15) is 18.4 Å². The summed E-state index contributed by atoms with van der Waals surface area (Å²) in [6, 6.07) is 15.2. The number of benzene rings is 2. The summed E-state index contributed by atoms with van der Waals surface area (Å²) in [4.78, 5) is 4.37. The summed E-state index contributed by atoms with van der Waals surface area (Å²) in [5, 5.41) is 2.62. The van der Waals surface area contributed by atoms with Gasteiger partial charge < -0.3 is 4.74 Å². The van der Waals surface area contributed by atoms with Crippen LogP contribution in [0.5, 0.6) is 0 Å². The van der Waals surface area contributed by atoms with E-state index in [-0.39, 0.29) is 6.04 Å². The SMILES string of the molecule is CC(c1cccc2ccccc12)C1COC=N1. The first-order valence-electron chi connectivity index (χ1n) is 5.97. The van der Waals surface area contributed by atoms with Crippen molar-refractivity contribution in [1.82, 2.24) is 0 Å². The molecule has 2 heteroatoms. The minimum Gasteiger partial charge on any atom is -0.481 e. The zero-order valence-corrected chi connectivity index (χ0v) is 9.84. The number of fused-ring (bicyclic) bond motifs is 1. The van der Waals surface area contributed by atoms with Crippen LogP contribution in [0.2, 0.25) is 0 Å². The van der Waals surface area contributed by atoms with Gasteiger partial charge in [-0.2, -0.15) is 0 Å². The third-order valence-electron chi connectivity index (χ3n) is 3.48. The normalized spacial score (nSPS) is 20.4. The molecule has 0 amide bonds. The van der Waals surface area contributed by atoms with Crippen LogP contribution in [-0.2, 0) is 4.74 Å². The summed E-state index contributed by atoms with van der Waals surface area (Å²) in [6.45, 7) is 2.92. The monoisotopic (exact) mass is 225 g/mol.